The Morgan fingerprint density at radius 1 is 0.275 bits per heavy atom. The number of nitrogens with zero attached hydrogens (tertiary/aromatic N) is 1. The fourth-order valence-electron chi connectivity index (χ4n) is 10.7. The lowest BCUT2D eigenvalue weighted by atomic mass is 9.91. The average molecular weight is 880 g/mol. The van der Waals surface area contributed by atoms with Crippen molar-refractivity contribution in [2.75, 3.05) is 4.90 Å². The zero-order chi connectivity index (χ0) is 45.8. The predicted molar refractivity (Wildman–Crippen MR) is 293 cm³/mol. The summed E-state index contributed by atoms with van der Waals surface area (Å²) in [5, 5.41) is 9.54. The molecule has 324 valence electrons. The number of hydrogen-bond acceptors (Lipinski definition) is 2. The van der Waals surface area contributed by atoms with Crippen molar-refractivity contribution in [1.82, 2.24) is 0 Å². The van der Waals surface area contributed by atoms with Gasteiger partial charge in [0.1, 0.15) is 11.2 Å². The normalized spacial score (nSPS) is 11.6. The van der Waals surface area contributed by atoms with E-state index in [0.29, 0.717) is 0 Å². The minimum atomic E-state index is 0.884. The summed E-state index contributed by atoms with van der Waals surface area (Å²) in [6.45, 7) is 2.25. The summed E-state index contributed by atoms with van der Waals surface area (Å²) in [4.78, 5) is 2.43. The summed E-state index contributed by atoms with van der Waals surface area (Å²) < 4.78 is 6.98. The molecule has 0 fully saturated rings. The van der Waals surface area contributed by atoms with Crippen molar-refractivity contribution in [2.24, 2.45) is 0 Å². The second kappa shape index (κ2) is 16.7. The molecular weight excluding hydrogens is 835 g/mol. The Morgan fingerprint density at radius 2 is 0.870 bits per heavy atom. The molecule has 0 aliphatic carbocycles. The molecule has 12 aromatic carbocycles. The highest BCUT2D eigenvalue weighted by Crippen LogP contribution is 2.47. The van der Waals surface area contributed by atoms with Gasteiger partial charge in [0.2, 0.25) is 0 Å². The Hall–Kier alpha value is -8.98. The van der Waals surface area contributed by atoms with Crippen LogP contribution in [0, 0.1) is 6.92 Å². The van der Waals surface area contributed by atoms with Gasteiger partial charge in [-0.25, -0.2) is 0 Å². The molecule has 13 rings (SSSR count). The van der Waals surface area contributed by atoms with Gasteiger partial charge in [-0.15, -0.1) is 0 Å². The molecule has 0 unspecified atom stereocenters. The van der Waals surface area contributed by atoms with E-state index in [4.69, 9.17) is 4.42 Å². The van der Waals surface area contributed by atoms with Crippen LogP contribution in [0.3, 0.4) is 0 Å². The minimum absolute atomic E-state index is 0.884. The van der Waals surface area contributed by atoms with Gasteiger partial charge in [-0.1, -0.05) is 206 Å². The minimum Gasteiger partial charge on any atom is -0.455 e. The predicted octanol–water partition coefficient (Wildman–Crippen LogP) is 19.2. The molecule has 0 N–H and O–H groups in total. The molecule has 1 aromatic heterocycles. The quantitative estimate of drug-likeness (QED) is 0.141. The summed E-state index contributed by atoms with van der Waals surface area (Å²) in [5.41, 5.74) is 17.9. The van der Waals surface area contributed by atoms with Gasteiger partial charge in [0.15, 0.2) is 0 Å². The lowest BCUT2D eigenvalue weighted by Crippen LogP contribution is -2.12. The van der Waals surface area contributed by atoms with Gasteiger partial charge in [-0.2, -0.15) is 0 Å². The number of rotatable bonds is 8. The average Bonchev–Trinajstić information content (AvgIpc) is 3.82. The topological polar surface area (TPSA) is 16.4 Å². The fraction of sp³-hybridized carbons (Fsp3) is 0.0149. The zero-order valence-corrected chi connectivity index (χ0v) is 38.1. The molecule has 0 spiro atoms. The summed E-state index contributed by atoms with van der Waals surface area (Å²) in [7, 11) is 0. The number of aryl methyl sites for hydroxylation is 1. The fourth-order valence-corrected chi connectivity index (χ4v) is 10.7. The molecule has 13 aromatic rings. The number of furan rings is 1. The first-order valence-electron chi connectivity index (χ1n) is 23.7. The van der Waals surface area contributed by atoms with Gasteiger partial charge in [0, 0.05) is 38.7 Å². The largest absolute Gasteiger partial charge is 0.455 e. The molecular formula is C67H45NO. The summed E-state index contributed by atoms with van der Waals surface area (Å²) in [5.74, 6) is 0. The van der Waals surface area contributed by atoms with Crippen LogP contribution in [0.4, 0.5) is 17.1 Å². The van der Waals surface area contributed by atoms with E-state index in [1.54, 1.807) is 0 Å². The van der Waals surface area contributed by atoms with Crippen molar-refractivity contribution in [3.63, 3.8) is 0 Å². The van der Waals surface area contributed by atoms with E-state index >= 15 is 0 Å². The lowest BCUT2D eigenvalue weighted by molar-refractivity contribution is 0.674. The van der Waals surface area contributed by atoms with E-state index < -0.39 is 0 Å². The van der Waals surface area contributed by atoms with Crippen molar-refractivity contribution >= 4 is 71.3 Å². The molecule has 2 nitrogen and oxygen atoms in total. The van der Waals surface area contributed by atoms with Crippen LogP contribution in [0.1, 0.15) is 5.56 Å². The van der Waals surface area contributed by atoms with Crippen LogP contribution < -0.4 is 4.90 Å². The van der Waals surface area contributed by atoms with Gasteiger partial charge in [0.25, 0.3) is 0 Å². The van der Waals surface area contributed by atoms with Gasteiger partial charge in [-0.05, 0) is 132 Å². The van der Waals surface area contributed by atoms with Crippen molar-refractivity contribution in [2.45, 2.75) is 6.92 Å². The third-order valence-corrected chi connectivity index (χ3v) is 14.0. The van der Waals surface area contributed by atoms with Crippen LogP contribution in [-0.4, -0.2) is 0 Å². The Kier molecular flexibility index (Phi) is 9.77. The number of hydrogen-bond donors (Lipinski definition) is 0. The molecule has 0 aliphatic rings. The first-order valence-corrected chi connectivity index (χ1v) is 23.7. The smallest absolute Gasteiger partial charge is 0.143 e. The van der Waals surface area contributed by atoms with Crippen LogP contribution in [0.5, 0.6) is 0 Å². The maximum absolute atomic E-state index is 6.98. The molecule has 0 amide bonds. The molecule has 0 bridgehead atoms. The van der Waals surface area contributed by atoms with E-state index in [9.17, 15) is 0 Å². The molecule has 0 saturated carbocycles. The number of para-hydroxylation sites is 2. The van der Waals surface area contributed by atoms with Gasteiger partial charge in [0.05, 0.1) is 5.69 Å². The summed E-state index contributed by atoms with van der Waals surface area (Å²) in [6, 6.07) is 92.4. The van der Waals surface area contributed by atoms with E-state index in [-0.39, 0.29) is 0 Å². The molecule has 0 atom stereocenters. The maximum atomic E-state index is 6.98. The van der Waals surface area contributed by atoms with Crippen LogP contribution in [-0.2, 0) is 0 Å². The SMILES string of the molecule is Cc1cc(-c2cc3ccccc3c3ccccc23)ccc1N(c1ccc(-c2ccc(-c3ccccc3)c(-c3ccccc3)c2)cc1)c1ccccc1-c1cccc2c1oc1c3ccccc3ccc21. The number of fused-ring (bicyclic) bond motifs is 8. The Labute approximate surface area is 401 Å². The summed E-state index contributed by atoms with van der Waals surface area (Å²) >= 11 is 0. The first-order chi connectivity index (χ1) is 34.1. The molecule has 0 aliphatic heterocycles. The van der Waals surface area contributed by atoms with Gasteiger partial charge in [-0.3, -0.25) is 0 Å². The monoisotopic (exact) mass is 879 g/mol. The van der Waals surface area contributed by atoms with E-state index in [1.807, 2.05) is 0 Å². The van der Waals surface area contributed by atoms with Crippen LogP contribution in [0.15, 0.2) is 259 Å². The van der Waals surface area contributed by atoms with Gasteiger partial charge >= 0.3 is 0 Å². The Bertz CT molecular complexity index is 4070. The first kappa shape index (κ1) is 40.3. The van der Waals surface area contributed by atoms with Crippen molar-refractivity contribution in [3.05, 3.63) is 260 Å². The molecule has 0 saturated heterocycles. The van der Waals surface area contributed by atoms with E-state index in [0.717, 1.165) is 61.1 Å². The van der Waals surface area contributed by atoms with Crippen molar-refractivity contribution in [1.29, 1.82) is 0 Å². The van der Waals surface area contributed by atoms with E-state index in [2.05, 4.69) is 267 Å². The Morgan fingerprint density at radius 3 is 1.65 bits per heavy atom. The number of anilines is 3. The standard InChI is InChI=1S/C67H45NO/c1-44-41-51(63-43-50-22-9-10-23-53(50)56-25-12-13-26-57(56)63)35-40-64(44)68(52-36-31-45(32-37-52)49-34-38-54(46-17-4-2-5-18-46)62(42-49)47-19-6-3-7-20-47)65-30-15-14-27-58(65)59-28-16-29-60-61-39-33-48-21-8-11-24-55(48)66(61)69-67(59)60/h2-43H,1H3. The van der Waals surface area contributed by atoms with Crippen LogP contribution >= 0.6 is 0 Å². The number of benzene rings is 12. The molecule has 1 heterocycles. The molecule has 69 heavy (non-hydrogen) atoms. The van der Waals surface area contributed by atoms with Crippen LogP contribution in [0.2, 0.25) is 0 Å². The summed E-state index contributed by atoms with van der Waals surface area (Å²) in [6.07, 6.45) is 0. The van der Waals surface area contributed by atoms with Crippen molar-refractivity contribution < 1.29 is 4.42 Å². The zero-order valence-electron chi connectivity index (χ0n) is 38.1. The molecule has 0 radical (unpaired) electrons. The second-order valence-electron chi connectivity index (χ2n) is 18.0. The highest BCUT2D eigenvalue weighted by atomic mass is 16.3. The maximum Gasteiger partial charge on any atom is 0.143 e. The lowest BCUT2D eigenvalue weighted by Gasteiger charge is -2.30. The van der Waals surface area contributed by atoms with Crippen LogP contribution in [0.25, 0.3) is 110 Å². The third kappa shape index (κ3) is 6.96. The third-order valence-electron chi connectivity index (χ3n) is 14.0. The molecule has 2 heteroatoms. The second-order valence-corrected chi connectivity index (χ2v) is 18.0. The van der Waals surface area contributed by atoms with E-state index in [1.165, 1.54) is 71.4 Å². The van der Waals surface area contributed by atoms with Gasteiger partial charge < -0.3 is 9.32 Å². The highest BCUT2D eigenvalue weighted by molar-refractivity contribution is 6.18. The highest BCUT2D eigenvalue weighted by Gasteiger charge is 2.23. The Balaban J connectivity index is 0.979. The van der Waals surface area contributed by atoms with Crippen molar-refractivity contribution in [3.8, 4) is 55.6 Å².